The molecule has 5 rings (SSSR count). The second-order valence-corrected chi connectivity index (χ2v) is 8.47. The van der Waals surface area contributed by atoms with E-state index >= 15 is 0 Å². The van der Waals surface area contributed by atoms with Crippen molar-refractivity contribution in [2.24, 2.45) is 5.92 Å². The van der Waals surface area contributed by atoms with Crippen LogP contribution in [0.15, 0.2) is 29.9 Å². The van der Waals surface area contributed by atoms with Crippen LogP contribution in [0.2, 0.25) is 0 Å². The van der Waals surface area contributed by atoms with Crippen LogP contribution >= 0.6 is 11.3 Å². The summed E-state index contributed by atoms with van der Waals surface area (Å²) in [5.41, 5.74) is 2.36. The van der Waals surface area contributed by atoms with Gasteiger partial charge in [-0.15, -0.1) is 11.3 Å². The molecule has 1 N–H and O–H groups in total. The van der Waals surface area contributed by atoms with Crippen molar-refractivity contribution in [1.82, 2.24) is 20.3 Å². The largest absolute Gasteiger partial charge is 0.488 e. The third-order valence-corrected chi connectivity index (χ3v) is 6.21. The standard InChI is InChI=1S/C20H20FN5O2S/c1-11-22-3-2-18(24-11)26-8-14(9-26)25-20(27)12-4-15(5-12)28-16-6-13(21)7-17-19(16)23-10-29-17/h2-3,6-7,10,12,14-15H,4-5,8-9H2,1H3,(H,25,27). The van der Waals surface area contributed by atoms with E-state index in [4.69, 9.17) is 4.74 Å². The topological polar surface area (TPSA) is 80.2 Å². The quantitative estimate of drug-likeness (QED) is 0.693. The molecule has 9 heteroatoms. The summed E-state index contributed by atoms with van der Waals surface area (Å²) in [4.78, 5) is 27.3. The number of thiazole rings is 1. The number of amides is 1. The van der Waals surface area contributed by atoms with Crippen LogP contribution in [-0.4, -0.2) is 46.1 Å². The Morgan fingerprint density at radius 3 is 2.93 bits per heavy atom. The summed E-state index contributed by atoms with van der Waals surface area (Å²) >= 11 is 1.38. The summed E-state index contributed by atoms with van der Waals surface area (Å²) < 4.78 is 20.4. The minimum Gasteiger partial charge on any atom is -0.488 e. The smallest absolute Gasteiger partial charge is 0.223 e. The Bertz CT molecular complexity index is 1060. The number of ether oxygens (including phenoxy) is 1. The Morgan fingerprint density at radius 2 is 2.14 bits per heavy atom. The van der Waals surface area contributed by atoms with Crippen molar-refractivity contribution < 1.29 is 13.9 Å². The lowest BCUT2D eigenvalue weighted by Gasteiger charge is -2.42. The van der Waals surface area contributed by atoms with Crippen LogP contribution in [0.4, 0.5) is 10.2 Å². The fourth-order valence-electron chi connectivity index (χ4n) is 3.74. The Hall–Kier alpha value is -2.81. The molecule has 2 fully saturated rings. The normalized spacial score (nSPS) is 21.5. The first kappa shape index (κ1) is 18.2. The molecule has 3 heterocycles. The number of aromatic nitrogens is 3. The third-order valence-electron chi connectivity index (χ3n) is 5.44. The predicted octanol–water partition coefficient (Wildman–Crippen LogP) is 2.70. The number of nitrogens with zero attached hydrogens (tertiary/aromatic N) is 4. The number of anilines is 1. The lowest BCUT2D eigenvalue weighted by molar-refractivity contribution is -0.131. The fraction of sp³-hybridized carbons (Fsp3) is 0.400. The first-order valence-electron chi connectivity index (χ1n) is 9.59. The highest BCUT2D eigenvalue weighted by molar-refractivity contribution is 7.16. The Balaban J connectivity index is 1.10. The van der Waals surface area contributed by atoms with E-state index in [0.717, 1.165) is 29.4 Å². The van der Waals surface area contributed by atoms with Gasteiger partial charge in [0.2, 0.25) is 5.91 Å². The molecular formula is C20H20FN5O2S. The van der Waals surface area contributed by atoms with Gasteiger partial charge < -0.3 is 15.0 Å². The van der Waals surface area contributed by atoms with E-state index in [-0.39, 0.29) is 29.8 Å². The van der Waals surface area contributed by atoms with Crippen molar-refractivity contribution in [2.45, 2.75) is 31.9 Å². The zero-order valence-electron chi connectivity index (χ0n) is 15.8. The summed E-state index contributed by atoms with van der Waals surface area (Å²) in [6.07, 6.45) is 2.93. The number of hydrogen-bond acceptors (Lipinski definition) is 7. The number of nitrogens with one attached hydrogen (secondary N) is 1. The molecule has 1 aliphatic heterocycles. The maximum absolute atomic E-state index is 13.7. The predicted molar refractivity (Wildman–Crippen MR) is 108 cm³/mol. The number of hydrogen-bond donors (Lipinski definition) is 1. The zero-order valence-corrected chi connectivity index (χ0v) is 16.7. The van der Waals surface area contributed by atoms with Gasteiger partial charge in [-0.05, 0) is 31.9 Å². The van der Waals surface area contributed by atoms with Gasteiger partial charge in [-0.25, -0.2) is 19.3 Å². The van der Waals surface area contributed by atoms with Gasteiger partial charge in [-0.2, -0.15) is 0 Å². The molecule has 1 amide bonds. The maximum Gasteiger partial charge on any atom is 0.223 e. The Kier molecular flexibility index (Phi) is 4.54. The number of rotatable bonds is 5. The second-order valence-electron chi connectivity index (χ2n) is 7.58. The Labute approximate surface area is 170 Å². The van der Waals surface area contributed by atoms with Crippen LogP contribution in [0, 0.1) is 18.7 Å². The molecule has 0 radical (unpaired) electrons. The van der Waals surface area contributed by atoms with Gasteiger partial charge in [-0.3, -0.25) is 4.79 Å². The van der Waals surface area contributed by atoms with Gasteiger partial charge in [0.05, 0.1) is 16.3 Å². The van der Waals surface area contributed by atoms with Gasteiger partial charge >= 0.3 is 0 Å². The van der Waals surface area contributed by atoms with E-state index in [1.54, 1.807) is 11.7 Å². The molecular weight excluding hydrogens is 393 g/mol. The molecule has 1 saturated heterocycles. The van der Waals surface area contributed by atoms with E-state index in [1.807, 2.05) is 13.0 Å². The van der Waals surface area contributed by atoms with Crippen molar-refractivity contribution in [3.05, 3.63) is 41.5 Å². The van der Waals surface area contributed by atoms with Gasteiger partial charge in [0, 0.05) is 31.3 Å². The Morgan fingerprint density at radius 1 is 1.31 bits per heavy atom. The van der Waals surface area contributed by atoms with Crippen molar-refractivity contribution >= 4 is 33.3 Å². The first-order valence-corrected chi connectivity index (χ1v) is 10.5. The van der Waals surface area contributed by atoms with Crippen LogP contribution in [0.1, 0.15) is 18.7 Å². The average molecular weight is 413 g/mol. The van der Waals surface area contributed by atoms with Crippen LogP contribution in [-0.2, 0) is 4.79 Å². The SMILES string of the molecule is Cc1nccc(N2CC(NC(=O)C3CC(Oc4cc(F)cc5scnc45)C3)C2)n1. The molecule has 1 aromatic carbocycles. The third kappa shape index (κ3) is 3.62. The van der Waals surface area contributed by atoms with Crippen LogP contribution in [0.25, 0.3) is 10.2 Å². The average Bonchev–Trinajstić information content (AvgIpc) is 3.08. The van der Waals surface area contributed by atoms with E-state index in [1.165, 1.54) is 23.5 Å². The summed E-state index contributed by atoms with van der Waals surface area (Å²) in [6.45, 7) is 3.36. The fourth-order valence-corrected chi connectivity index (χ4v) is 4.46. The number of carbonyl (C=O) groups is 1. The highest BCUT2D eigenvalue weighted by Crippen LogP contribution is 2.35. The van der Waals surface area contributed by atoms with Crippen LogP contribution in [0.3, 0.4) is 0 Å². The molecule has 1 saturated carbocycles. The highest BCUT2D eigenvalue weighted by Gasteiger charge is 2.39. The molecule has 1 aliphatic carbocycles. The zero-order chi connectivity index (χ0) is 20.0. The number of fused-ring (bicyclic) bond motifs is 1. The molecule has 0 atom stereocenters. The summed E-state index contributed by atoms with van der Waals surface area (Å²) in [5.74, 6) is 1.76. The molecule has 150 valence electrons. The van der Waals surface area contributed by atoms with Gasteiger partial charge in [0.15, 0.2) is 0 Å². The van der Waals surface area contributed by atoms with Gasteiger partial charge in [0.25, 0.3) is 0 Å². The lowest BCUT2D eigenvalue weighted by atomic mass is 9.81. The lowest BCUT2D eigenvalue weighted by Crippen LogP contribution is -2.61. The summed E-state index contributed by atoms with van der Waals surface area (Å²) in [7, 11) is 0. The minimum absolute atomic E-state index is 0.0603. The minimum atomic E-state index is -0.334. The van der Waals surface area contributed by atoms with Crippen molar-refractivity contribution in [3.8, 4) is 5.75 Å². The molecule has 0 spiro atoms. The number of aryl methyl sites for hydroxylation is 1. The van der Waals surface area contributed by atoms with E-state index in [9.17, 15) is 9.18 Å². The van der Waals surface area contributed by atoms with Gasteiger partial charge in [-0.1, -0.05) is 0 Å². The molecule has 0 bridgehead atoms. The first-order chi connectivity index (χ1) is 14.0. The van der Waals surface area contributed by atoms with E-state index in [2.05, 4.69) is 25.2 Å². The molecule has 7 nitrogen and oxygen atoms in total. The number of halogens is 1. The maximum atomic E-state index is 13.7. The molecule has 2 aliphatic rings. The molecule has 3 aromatic rings. The highest BCUT2D eigenvalue weighted by atomic mass is 32.1. The van der Waals surface area contributed by atoms with Crippen LogP contribution in [0.5, 0.6) is 5.75 Å². The van der Waals surface area contributed by atoms with Crippen molar-refractivity contribution in [1.29, 1.82) is 0 Å². The summed E-state index contributed by atoms with van der Waals surface area (Å²) in [5, 5.41) is 3.10. The molecule has 2 aromatic heterocycles. The van der Waals surface area contributed by atoms with Gasteiger partial charge in [0.1, 0.15) is 34.8 Å². The molecule has 29 heavy (non-hydrogen) atoms. The van der Waals surface area contributed by atoms with Crippen LogP contribution < -0.4 is 15.0 Å². The summed E-state index contributed by atoms with van der Waals surface area (Å²) in [6, 6.07) is 4.84. The number of carbonyl (C=O) groups excluding carboxylic acids is 1. The van der Waals surface area contributed by atoms with Crippen molar-refractivity contribution in [3.63, 3.8) is 0 Å². The van der Waals surface area contributed by atoms with E-state index < -0.39 is 0 Å². The van der Waals surface area contributed by atoms with E-state index in [0.29, 0.717) is 24.1 Å². The monoisotopic (exact) mass is 413 g/mol. The molecule has 0 unspecified atom stereocenters. The van der Waals surface area contributed by atoms with Crippen molar-refractivity contribution in [2.75, 3.05) is 18.0 Å². The second kappa shape index (κ2) is 7.22. The number of benzene rings is 1.